The molecule has 28 heteroatoms. The summed E-state index contributed by atoms with van der Waals surface area (Å²) in [7, 11) is 10.1. The SMILES string of the molecule is CC[C@H](C)[C@@H]1NC(=O)[C@H](C2CCC2)N(C)C(=O)C[C@@H](C(=O)N2CCCC2)N(C)C(=O)[C@H](C2CCCCC2)N(C)C(=O)C2(CCCC2)NC(=O)[C@@H]2CCCN2C(=O)[C@H](CCc2ccc(C(F)(F)F)c(Cl)c2)NC(=O)CN(C)C(=O)[C@H](CC2CCCCC2)N(C)C(=O)CN(C)C(=O)CN(C)C1=O. The van der Waals surface area contributed by atoms with E-state index in [2.05, 4.69) is 16.0 Å². The third-order valence-corrected chi connectivity index (χ3v) is 23.2. The summed E-state index contributed by atoms with van der Waals surface area (Å²) < 4.78 is 41.6. The molecule has 3 aliphatic heterocycles. The van der Waals surface area contributed by atoms with Gasteiger partial charge in [0.2, 0.25) is 70.9 Å². The molecule has 4 aliphatic carbocycles. The Hall–Kier alpha value is -7.06. The highest BCUT2D eigenvalue weighted by molar-refractivity contribution is 6.31. The lowest BCUT2D eigenvalue weighted by molar-refractivity contribution is -0.157. The Balaban J connectivity index is 1.16. The van der Waals surface area contributed by atoms with Gasteiger partial charge in [-0.2, -0.15) is 13.2 Å². The molecule has 1 aromatic carbocycles. The van der Waals surface area contributed by atoms with Gasteiger partial charge in [0.1, 0.15) is 47.8 Å². The molecule has 3 N–H and O–H groups in total. The van der Waals surface area contributed by atoms with Gasteiger partial charge >= 0.3 is 6.18 Å². The Kier molecular flexibility index (Phi) is 27.3. The molecule has 1 aromatic rings. The molecule has 3 saturated heterocycles. The van der Waals surface area contributed by atoms with E-state index in [9.17, 15) is 46.7 Å². The molecule has 0 unspecified atom stereocenters. The quantitative estimate of drug-likeness (QED) is 0.251. The van der Waals surface area contributed by atoms with Crippen molar-refractivity contribution in [2.75, 3.05) is 88.6 Å². The largest absolute Gasteiger partial charge is 0.417 e. The van der Waals surface area contributed by atoms with E-state index in [-0.39, 0.29) is 56.9 Å². The number of carbonyl (C=O) groups is 12. The van der Waals surface area contributed by atoms with E-state index in [4.69, 9.17) is 11.6 Å². The number of halogens is 4. The fourth-order valence-electron chi connectivity index (χ4n) is 16.2. The van der Waals surface area contributed by atoms with Crippen molar-refractivity contribution in [3.63, 3.8) is 0 Å². The van der Waals surface area contributed by atoms with Crippen molar-refractivity contribution >= 4 is 82.5 Å². The average molecular weight is 1430 g/mol. The second-order valence-electron chi connectivity index (χ2n) is 29.8. The number of nitrogens with zero attached hydrogens (tertiary/aromatic N) is 9. The predicted octanol–water partition coefficient (Wildman–Crippen LogP) is 5.79. The molecule has 24 nitrogen and oxygen atoms in total. The summed E-state index contributed by atoms with van der Waals surface area (Å²) >= 11 is 6.16. The highest BCUT2D eigenvalue weighted by Gasteiger charge is 2.52. The Morgan fingerprint density at radius 2 is 1.20 bits per heavy atom. The number of fused-ring (bicyclic) bond motifs is 1. The molecule has 7 aliphatic rings. The van der Waals surface area contributed by atoms with Crippen molar-refractivity contribution in [1.29, 1.82) is 0 Å². The van der Waals surface area contributed by atoms with Crippen LogP contribution in [-0.4, -0.2) is 251 Å². The number of likely N-dealkylation sites (tertiary alicyclic amines) is 1. The van der Waals surface area contributed by atoms with Crippen LogP contribution in [0.15, 0.2) is 18.2 Å². The minimum absolute atomic E-state index is 0.0232. The van der Waals surface area contributed by atoms with Crippen molar-refractivity contribution in [1.82, 2.24) is 60.0 Å². The fourth-order valence-corrected chi connectivity index (χ4v) is 16.5. The van der Waals surface area contributed by atoms with Gasteiger partial charge in [-0.1, -0.05) is 109 Å². The Labute approximate surface area is 592 Å². The Morgan fingerprint density at radius 3 is 1.80 bits per heavy atom. The first-order valence-corrected chi connectivity index (χ1v) is 36.9. The van der Waals surface area contributed by atoms with Gasteiger partial charge in [-0.05, 0) is 125 Å². The fraction of sp³-hybridized carbons (Fsp3) is 0.750. The van der Waals surface area contributed by atoms with Crippen LogP contribution in [0.2, 0.25) is 5.02 Å². The monoisotopic (exact) mass is 1420 g/mol. The van der Waals surface area contributed by atoms with Gasteiger partial charge in [0.15, 0.2) is 0 Å². The highest BCUT2D eigenvalue weighted by atomic mass is 35.5. The van der Waals surface area contributed by atoms with E-state index >= 15 is 24.0 Å². The van der Waals surface area contributed by atoms with Crippen LogP contribution in [0.1, 0.15) is 185 Å². The Morgan fingerprint density at radius 1 is 0.600 bits per heavy atom. The standard InChI is InChI=1S/C72H108ClF3N12O12/c1-10-45(2)60-68(98)82(5)43-58(91)80(3)44-59(92)83(6)54(40-46-23-13-11-14-24-46)66(96)81(4)42-56(89)77-52(33-31-47-30-32-50(51(73)39-47)72(74,75)76)65(95)88-38-22-29-53(88)63(93)79-71(34-17-18-35-71)70(100)86(9)62(49-25-15-12-16-26-49)69(99)84(7)55(67(97)87-36-19-20-37-87)41-57(90)85(8)61(64(94)78-60)48-27-21-28-48/h30,32,39,45-46,48-49,52-55,60-62H,10-29,31,33-38,40-44H2,1-9H3,(H,77,89)(H,78,94)(H,79,93)/t45-,52-,53-,54-,55-,60-,61-,62-/m0/s1. The summed E-state index contributed by atoms with van der Waals surface area (Å²) in [6.45, 7) is 2.79. The van der Waals surface area contributed by atoms with Gasteiger partial charge in [0.25, 0.3) is 0 Å². The van der Waals surface area contributed by atoms with E-state index in [0.717, 1.165) is 79.7 Å². The van der Waals surface area contributed by atoms with Crippen LogP contribution >= 0.6 is 11.6 Å². The average Bonchev–Trinajstić information content (AvgIpc) is 1.36. The number of nitrogens with one attached hydrogen (secondary N) is 3. The van der Waals surface area contributed by atoms with Gasteiger partial charge < -0.3 is 60.0 Å². The number of rotatable bonds is 10. The molecule has 8 atom stereocenters. The van der Waals surface area contributed by atoms with E-state index in [0.29, 0.717) is 82.9 Å². The van der Waals surface area contributed by atoms with Crippen molar-refractivity contribution in [3.05, 3.63) is 34.3 Å². The molecular weight excluding hydrogens is 1320 g/mol. The highest BCUT2D eigenvalue weighted by Crippen LogP contribution is 2.39. The lowest BCUT2D eigenvalue weighted by atomic mass is 9.78. The number of aryl methyl sites for hydroxylation is 1. The van der Waals surface area contributed by atoms with Crippen LogP contribution < -0.4 is 16.0 Å². The minimum atomic E-state index is -4.76. The molecule has 0 radical (unpaired) electrons. The second kappa shape index (κ2) is 34.7. The summed E-state index contributed by atoms with van der Waals surface area (Å²) in [5.41, 5.74) is -2.32. The third kappa shape index (κ3) is 18.8. The number of hydrogen-bond acceptors (Lipinski definition) is 12. The number of alkyl halides is 3. The van der Waals surface area contributed by atoms with Crippen LogP contribution in [0.5, 0.6) is 0 Å². The maximum absolute atomic E-state index is 15.8. The summed E-state index contributed by atoms with van der Waals surface area (Å²) in [4.78, 5) is 191. The number of hydrogen-bond donors (Lipinski definition) is 3. The number of carbonyl (C=O) groups excluding carboxylic acids is 12. The molecule has 100 heavy (non-hydrogen) atoms. The van der Waals surface area contributed by atoms with Crippen LogP contribution in [0.3, 0.4) is 0 Å². The molecular formula is C72H108ClF3N12O12. The first-order valence-electron chi connectivity index (χ1n) is 36.5. The van der Waals surface area contributed by atoms with Crippen LogP contribution in [0, 0.1) is 23.7 Å². The lowest BCUT2D eigenvalue weighted by Gasteiger charge is -2.43. The summed E-state index contributed by atoms with van der Waals surface area (Å²) in [5.74, 6) is -8.65. The van der Waals surface area contributed by atoms with Gasteiger partial charge in [-0.3, -0.25) is 57.5 Å². The molecule has 0 aromatic heterocycles. The van der Waals surface area contributed by atoms with Crippen LogP contribution in [-0.2, 0) is 70.1 Å². The smallest absolute Gasteiger partial charge is 0.343 e. The summed E-state index contributed by atoms with van der Waals surface area (Å²) in [6.07, 6.45) is 8.19. The number of amides is 12. The first-order chi connectivity index (χ1) is 47.4. The molecule has 1 spiro atoms. The molecule has 3 heterocycles. The van der Waals surface area contributed by atoms with Gasteiger partial charge in [0.05, 0.1) is 36.6 Å². The third-order valence-electron chi connectivity index (χ3n) is 22.9. The van der Waals surface area contributed by atoms with Crippen LogP contribution in [0.4, 0.5) is 13.2 Å². The molecule has 12 amide bonds. The van der Waals surface area contributed by atoms with Crippen molar-refractivity contribution in [2.24, 2.45) is 23.7 Å². The second-order valence-corrected chi connectivity index (χ2v) is 30.2. The van der Waals surface area contributed by atoms with Crippen molar-refractivity contribution in [2.45, 2.75) is 235 Å². The van der Waals surface area contributed by atoms with Gasteiger partial charge in [-0.25, -0.2) is 0 Å². The van der Waals surface area contributed by atoms with E-state index in [1.54, 1.807) is 11.8 Å². The van der Waals surface area contributed by atoms with E-state index in [1.165, 1.54) is 84.8 Å². The van der Waals surface area contributed by atoms with Crippen molar-refractivity contribution < 1.29 is 70.7 Å². The maximum atomic E-state index is 15.8. The predicted molar refractivity (Wildman–Crippen MR) is 367 cm³/mol. The normalized spacial score (nSPS) is 27.6. The molecule has 4 saturated carbocycles. The Bertz CT molecular complexity index is 3150. The molecule has 7 fully saturated rings. The molecule has 0 bridgehead atoms. The topological polar surface area (TPSA) is 270 Å². The molecule has 8 rings (SSSR count). The van der Waals surface area contributed by atoms with E-state index in [1.807, 2.05) is 6.92 Å². The van der Waals surface area contributed by atoms with Gasteiger partial charge in [-0.15, -0.1) is 0 Å². The first kappa shape index (κ1) is 78.7. The zero-order chi connectivity index (χ0) is 73.1. The zero-order valence-electron chi connectivity index (χ0n) is 60.1. The van der Waals surface area contributed by atoms with Crippen LogP contribution in [0.25, 0.3) is 0 Å². The number of likely N-dealkylation sites (N-methyl/N-ethyl adjacent to an activating group) is 7. The van der Waals surface area contributed by atoms with Crippen molar-refractivity contribution in [3.8, 4) is 0 Å². The maximum Gasteiger partial charge on any atom is 0.417 e. The summed E-state index contributed by atoms with van der Waals surface area (Å²) in [5, 5.41) is 8.24. The minimum Gasteiger partial charge on any atom is -0.343 e. The van der Waals surface area contributed by atoms with Gasteiger partial charge in [0, 0.05) is 69.0 Å². The lowest BCUT2D eigenvalue weighted by Crippen LogP contribution is -2.65. The zero-order valence-corrected chi connectivity index (χ0v) is 60.9. The molecule has 556 valence electrons. The summed E-state index contributed by atoms with van der Waals surface area (Å²) in [6, 6.07) is -5.37. The number of benzene rings is 1. The van der Waals surface area contributed by atoms with E-state index < -0.39 is 173 Å².